The highest BCUT2D eigenvalue weighted by atomic mass is 35.5. The summed E-state index contributed by atoms with van der Waals surface area (Å²) in [5.41, 5.74) is 5.83. The first kappa shape index (κ1) is 13.2. The van der Waals surface area contributed by atoms with Gasteiger partial charge in [0.2, 0.25) is 0 Å². The fraction of sp³-hybridized carbons (Fsp3) is 0.455. The minimum absolute atomic E-state index is 0.0171. The maximum absolute atomic E-state index is 13.5. The van der Waals surface area contributed by atoms with Gasteiger partial charge in [-0.15, -0.1) is 0 Å². The van der Waals surface area contributed by atoms with Crippen molar-refractivity contribution in [2.45, 2.75) is 19.3 Å². The zero-order chi connectivity index (χ0) is 12.1. The van der Waals surface area contributed by atoms with E-state index >= 15 is 0 Å². The molecule has 0 atom stereocenters. The number of unbranched alkanes of at least 4 members (excludes halogenated alkanes) is 1. The molecule has 2 nitrogen and oxygen atoms in total. The van der Waals surface area contributed by atoms with Gasteiger partial charge in [0, 0.05) is 5.56 Å². The minimum Gasteiger partial charge on any atom is -0.493 e. The highest BCUT2D eigenvalue weighted by molar-refractivity contribution is 6.31. The van der Waals surface area contributed by atoms with E-state index in [4.69, 9.17) is 22.1 Å². The summed E-state index contributed by atoms with van der Waals surface area (Å²) in [6, 6.07) is 1.21. The molecule has 90 valence electrons. The van der Waals surface area contributed by atoms with Gasteiger partial charge in [0.15, 0.2) is 11.6 Å². The van der Waals surface area contributed by atoms with E-state index < -0.39 is 16.7 Å². The normalized spacial score (nSPS) is 10.6. The predicted octanol–water partition coefficient (Wildman–Crippen LogP) is 2.91. The third-order valence-corrected chi connectivity index (χ3v) is 2.65. The van der Waals surface area contributed by atoms with Gasteiger partial charge in [-0.1, -0.05) is 11.6 Å². The molecule has 0 saturated heterocycles. The van der Waals surface area contributed by atoms with Crippen molar-refractivity contribution in [3.8, 4) is 5.75 Å². The second-order valence-corrected chi connectivity index (χ2v) is 3.80. The number of nitrogens with two attached hydrogens (primary N) is 1. The summed E-state index contributed by atoms with van der Waals surface area (Å²) in [5, 5.41) is -0.528. The second kappa shape index (κ2) is 6.01. The Morgan fingerprint density at radius 2 is 2.06 bits per heavy atom. The molecule has 0 unspecified atom stereocenters. The summed E-state index contributed by atoms with van der Waals surface area (Å²) in [6.07, 6.45) is 2.08. The van der Waals surface area contributed by atoms with Crippen LogP contribution in [0.25, 0.3) is 0 Å². The average Bonchev–Trinajstić information content (AvgIpc) is 2.27. The summed E-state index contributed by atoms with van der Waals surface area (Å²) >= 11 is 5.44. The Labute approximate surface area is 98.3 Å². The van der Waals surface area contributed by atoms with Crippen LogP contribution >= 0.6 is 11.6 Å². The van der Waals surface area contributed by atoms with Crippen molar-refractivity contribution in [2.24, 2.45) is 5.73 Å². The number of hydrogen-bond donors (Lipinski definition) is 1. The van der Waals surface area contributed by atoms with Crippen LogP contribution in [0.5, 0.6) is 5.75 Å². The first-order chi connectivity index (χ1) is 7.61. The summed E-state index contributed by atoms with van der Waals surface area (Å²) in [6.45, 7) is 0.556. The van der Waals surface area contributed by atoms with Crippen LogP contribution in [-0.2, 0) is 6.42 Å². The van der Waals surface area contributed by atoms with Gasteiger partial charge in [-0.3, -0.25) is 0 Å². The minimum atomic E-state index is -0.841. The molecule has 0 aromatic heterocycles. The molecule has 1 aromatic rings. The summed E-state index contributed by atoms with van der Waals surface area (Å²) in [5.74, 6) is -1.59. The zero-order valence-electron chi connectivity index (χ0n) is 9.03. The Kier molecular flexibility index (Phi) is 4.96. The van der Waals surface area contributed by atoms with E-state index in [0.29, 0.717) is 18.5 Å². The van der Waals surface area contributed by atoms with Gasteiger partial charge in [0.25, 0.3) is 0 Å². The topological polar surface area (TPSA) is 35.2 Å². The number of aryl methyl sites for hydroxylation is 1. The molecule has 0 heterocycles. The molecule has 16 heavy (non-hydrogen) atoms. The fourth-order valence-corrected chi connectivity index (χ4v) is 1.63. The van der Waals surface area contributed by atoms with Crippen molar-refractivity contribution in [1.82, 2.24) is 0 Å². The van der Waals surface area contributed by atoms with Gasteiger partial charge in [-0.05, 0) is 31.9 Å². The van der Waals surface area contributed by atoms with Gasteiger partial charge < -0.3 is 10.5 Å². The molecule has 5 heteroatoms. The molecule has 0 spiro atoms. The molecule has 0 aliphatic heterocycles. The van der Waals surface area contributed by atoms with Gasteiger partial charge in [-0.25, -0.2) is 8.78 Å². The third kappa shape index (κ3) is 2.83. The molecule has 0 aliphatic carbocycles. The average molecular weight is 250 g/mol. The lowest BCUT2D eigenvalue weighted by Gasteiger charge is -2.11. The van der Waals surface area contributed by atoms with Crippen molar-refractivity contribution in [1.29, 1.82) is 0 Å². The van der Waals surface area contributed by atoms with Crippen LogP contribution < -0.4 is 10.5 Å². The first-order valence-electron chi connectivity index (χ1n) is 5.02. The maximum atomic E-state index is 13.5. The Morgan fingerprint density at radius 1 is 1.38 bits per heavy atom. The standard InChI is InChI=1S/C11H14ClF2NO/c1-16-11-7(4-2-3-5-15)6-8(13)9(12)10(11)14/h6H,2-5,15H2,1H3. The third-order valence-electron chi connectivity index (χ3n) is 2.30. The Bertz CT molecular complexity index is 371. The number of benzene rings is 1. The quantitative estimate of drug-likeness (QED) is 0.643. The van der Waals surface area contributed by atoms with Crippen LogP contribution in [0.15, 0.2) is 6.07 Å². The molecule has 0 amide bonds. The molecule has 1 rings (SSSR count). The van der Waals surface area contributed by atoms with E-state index in [1.54, 1.807) is 0 Å². The Balaban J connectivity index is 2.98. The van der Waals surface area contributed by atoms with Crippen molar-refractivity contribution in [3.05, 3.63) is 28.3 Å². The van der Waals surface area contributed by atoms with Crippen LogP contribution in [0, 0.1) is 11.6 Å². The van der Waals surface area contributed by atoms with Crippen molar-refractivity contribution < 1.29 is 13.5 Å². The monoisotopic (exact) mass is 249 g/mol. The van der Waals surface area contributed by atoms with Gasteiger partial charge in [0.1, 0.15) is 10.8 Å². The summed E-state index contributed by atoms with van der Waals surface area (Å²) in [4.78, 5) is 0. The highest BCUT2D eigenvalue weighted by Crippen LogP contribution is 2.32. The Morgan fingerprint density at radius 3 is 2.62 bits per heavy atom. The van der Waals surface area contributed by atoms with Gasteiger partial charge >= 0.3 is 0 Å². The molecule has 0 fully saturated rings. The molecule has 2 N–H and O–H groups in total. The molecule has 0 radical (unpaired) electrons. The molecule has 0 saturated carbocycles. The number of hydrogen-bond acceptors (Lipinski definition) is 2. The molecule has 0 bridgehead atoms. The van der Waals surface area contributed by atoms with E-state index in [1.165, 1.54) is 13.2 Å². The van der Waals surface area contributed by atoms with E-state index in [0.717, 1.165) is 12.8 Å². The van der Waals surface area contributed by atoms with E-state index in [-0.39, 0.29) is 5.75 Å². The van der Waals surface area contributed by atoms with Crippen molar-refractivity contribution >= 4 is 11.6 Å². The van der Waals surface area contributed by atoms with Gasteiger partial charge in [-0.2, -0.15) is 0 Å². The Hall–Kier alpha value is -0.870. The molecular weight excluding hydrogens is 236 g/mol. The lowest BCUT2D eigenvalue weighted by molar-refractivity contribution is 0.378. The highest BCUT2D eigenvalue weighted by Gasteiger charge is 2.17. The number of methoxy groups -OCH3 is 1. The summed E-state index contributed by atoms with van der Waals surface area (Å²) < 4.78 is 31.6. The second-order valence-electron chi connectivity index (χ2n) is 3.42. The number of ether oxygens (including phenoxy) is 1. The lowest BCUT2D eigenvalue weighted by Crippen LogP contribution is -2.02. The lowest BCUT2D eigenvalue weighted by atomic mass is 10.1. The van der Waals surface area contributed by atoms with Crippen LogP contribution in [0.2, 0.25) is 5.02 Å². The number of halogens is 3. The maximum Gasteiger partial charge on any atom is 0.186 e. The SMILES string of the molecule is COc1c(CCCCN)cc(F)c(Cl)c1F. The van der Waals surface area contributed by atoms with Crippen LogP contribution in [0.1, 0.15) is 18.4 Å². The van der Waals surface area contributed by atoms with Crippen LogP contribution in [-0.4, -0.2) is 13.7 Å². The van der Waals surface area contributed by atoms with E-state index in [9.17, 15) is 8.78 Å². The van der Waals surface area contributed by atoms with E-state index in [2.05, 4.69) is 0 Å². The first-order valence-corrected chi connectivity index (χ1v) is 5.40. The van der Waals surface area contributed by atoms with E-state index in [1.807, 2.05) is 0 Å². The zero-order valence-corrected chi connectivity index (χ0v) is 9.78. The molecule has 0 aliphatic rings. The van der Waals surface area contributed by atoms with Crippen molar-refractivity contribution in [2.75, 3.05) is 13.7 Å². The predicted molar refractivity (Wildman–Crippen MR) is 59.9 cm³/mol. The number of rotatable bonds is 5. The fourth-order valence-electron chi connectivity index (χ4n) is 1.49. The van der Waals surface area contributed by atoms with Gasteiger partial charge in [0.05, 0.1) is 7.11 Å². The molecular formula is C11H14ClF2NO. The van der Waals surface area contributed by atoms with Crippen molar-refractivity contribution in [3.63, 3.8) is 0 Å². The largest absolute Gasteiger partial charge is 0.493 e. The smallest absolute Gasteiger partial charge is 0.186 e. The summed E-state index contributed by atoms with van der Waals surface area (Å²) in [7, 11) is 1.33. The van der Waals surface area contributed by atoms with Crippen LogP contribution in [0.4, 0.5) is 8.78 Å². The van der Waals surface area contributed by atoms with Crippen LogP contribution in [0.3, 0.4) is 0 Å². The molecule has 1 aromatic carbocycles.